The van der Waals surface area contributed by atoms with Crippen molar-refractivity contribution in [1.29, 1.82) is 0 Å². The molecule has 0 saturated heterocycles. The van der Waals surface area contributed by atoms with Crippen LogP contribution in [-0.2, 0) is 4.79 Å². The van der Waals surface area contributed by atoms with Crippen LogP contribution in [0.4, 0.5) is 0 Å². The van der Waals surface area contributed by atoms with Gasteiger partial charge in [0.15, 0.2) is 0 Å². The SMILES string of the molecule is C[C@@]12CC[C@@H]3[C@@H](CC=C4C[C@H](O)CC[C@@]43C)[C@H]1CCC2=O. The predicted molar refractivity (Wildman–Crippen MR) is 82.7 cm³/mol. The molecule has 4 aliphatic carbocycles. The first-order valence-electron chi connectivity index (χ1n) is 8.86. The molecule has 0 bridgehead atoms. The number of Topliss-reactive ketones (excluding diaryl/α,β-unsaturated/α-hetero) is 1. The van der Waals surface area contributed by atoms with E-state index in [1.54, 1.807) is 0 Å². The molecule has 0 aromatic carbocycles. The van der Waals surface area contributed by atoms with Gasteiger partial charge in [-0.25, -0.2) is 0 Å². The number of aliphatic hydroxyl groups excluding tert-OH is 1. The van der Waals surface area contributed by atoms with Crippen LogP contribution in [0.15, 0.2) is 11.6 Å². The van der Waals surface area contributed by atoms with Crippen molar-refractivity contribution in [3.63, 3.8) is 0 Å². The predicted octanol–water partition coefficient (Wildman–Crippen LogP) is 3.88. The molecule has 0 spiro atoms. The molecular weight excluding hydrogens is 260 g/mol. The molecule has 4 aliphatic rings. The van der Waals surface area contributed by atoms with Crippen molar-refractivity contribution >= 4 is 5.78 Å². The summed E-state index contributed by atoms with van der Waals surface area (Å²) in [6, 6.07) is 0. The van der Waals surface area contributed by atoms with Crippen LogP contribution in [0.1, 0.15) is 65.2 Å². The van der Waals surface area contributed by atoms with Crippen molar-refractivity contribution < 1.29 is 9.90 Å². The zero-order chi connectivity index (χ0) is 14.8. The Hall–Kier alpha value is -0.630. The average molecular weight is 288 g/mol. The van der Waals surface area contributed by atoms with E-state index in [1.165, 1.54) is 12.0 Å². The fourth-order valence-electron chi connectivity index (χ4n) is 6.41. The molecule has 0 unspecified atom stereocenters. The number of allylic oxidation sites excluding steroid dienone is 1. The number of carbonyl (C=O) groups excluding carboxylic acids is 1. The summed E-state index contributed by atoms with van der Waals surface area (Å²) >= 11 is 0. The molecule has 4 rings (SSSR count). The third kappa shape index (κ3) is 1.78. The monoisotopic (exact) mass is 288 g/mol. The van der Waals surface area contributed by atoms with Gasteiger partial charge in [-0.3, -0.25) is 4.79 Å². The Morgan fingerprint density at radius 3 is 2.62 bits per heavy atom. The summed E-state index contributed by atoms with van der Waals surface area (Å²) in [5.41, 5.74) is 1.81. The van der Waals surface area contributed by atoms with Gasteiger partial charge in [-0.05, 0) is 68.1 Å². The maximum absolute atomic E-state index is 12.4. The van der Waals surface area contributed by atoms with E-state index in [0.717, 1.165) is 50.9 Å². The van der Waals surface area contributed by atoms with E-state index in [4.69, 9.17) is 0 Å². The Morgan fingerprint density at radius 1 is 1.10 bits per heavy atom. The summed E-state index contributed by atoms with van der Waals surface area (Å²) in [5, 5.41) is 10.00. The molecule has 21 heavy (non-hydrogen) atoms. The first kappa shape index (κ1) is 14.0. The van der Waals surface area contributed by atoms with E-state index >= 15 is 0 Å². The van der Waals surface area contributed by atoms with Gasteiger partial charge in [0, 0.05) is 11.8 Å². The minimum atomic E-state index is -0.122. The van der Waals surface area contributed by atoms with Crippen molar-refractivity contribution in [2.45, 2.75) is 71.3 Å². The number of carbonyl (C=O) groups is 1. The number of ketones is 1. The summed E-state index contributed by atoms with van der Waals surface area (Å²) in [5.74, 6) is 2.60. The van der Waals surface area contributed by atoms with Crippen molar-refractivity contribution in [3.05, 3.63) is 11.6 Å². The summed E-state index contributed by atoms with van der Waals surface area (Å²) in [6.45, 7) is 4.69. The van der Waals surface area contributed by atoms with Crippen LogP contribution in [0.3, 0.4) is 0 Å². The van der Waals surface area contributed by atoms with Gasteiger partial charge in [0.05, 0.1) is 6.10 Å². The van der Waals surface area contributed by atoms with Crippen molar-refractivity contribution in [2.24, 2.45) is 28.6 Å². The molecule has 0 aliphatic heterocycles. The molecule has 6 atom stereocenters. The van der Waals surface area contributed by atoms with Gasteiger partial charge < -0.3 is 5.11 Å². The lowest BCUT2D eigenvalue weighted by Gasteiger charge is -2.56. The first-order valence-corrected chi connectivity index (χ1v) is 8.86. The Balaban J connectivity index is 1.69. The lowest BCUT2D eigenvalue weighted by molar-refractivity contribution is -0.132. The van der Waals surface area contributed by atoms with Crippen LogP contribution in [-0.4, -0.2) is 17.0 Å². The quantitative estimate of drug-likeness (QED) is 0.687. The lowest BCUT2D eigenvalue weighted by atomic mass is 9.48. The fourth-order valence-corrected chi connectivity index (χ4v) is 6.41. The standard InChI is InChI=1S/C19H28O2/c1-18-9-7-13(20)11-12(18)3-4-14-15-5-6-17(21)19(15,2)10-8-16(14)18/h3,13-16,20H,4-11H2,1-2H3/t13-,14+,15-,16-,18+,19-/m1/s1. The van der Waals surface area contributed by atoms with Crippen molar-refractivity contribution in [2.75, 3.05) is 0 Å². The largest absolute Gasteiger partial charge is 0.393 e. The highest BCUT2D eigenvalue weighted by Gasteiger charge is 2.58. The molecule has 0 aromatic heterocycles. The van der Waals surface area contributed by atoms with E-state index in [0.29, 0.717) is 23.0 Å². The second kappa shape index (κ2) is 4.44. The third-order valence-corrected chi connectivity index (χ3v) is 7.79. The first-order chi connectivity index (χ1) is 9.95. The highest BCUT2D eigenvalue weighted by atomic mass is 16.3. The van der Waals surface area contributed by atoms with E-state index in [2.05, 4.69) is 19.9 Å². The number of hydrogen-bond acceptors (Lipinski definition) is 2. The second-order valence-corrected chi connectivity index (χ2v) is 8.57. The topological polar surface area (TPSA) is 37.3 Å². The Kier molecular flexibility index (Phi) is 2.96. The number of fused-ring (bicyclic) bond motifs is 5. The normalized spacial score (nSPS) is 52.7. The highest BCUT2D eigenvalue weighted by molar-refractivity contribution is 5.87. The van der Waals surface area contributed by atoms with Crippen molar-refractivity contribution in [1.82, 2.24) is 0 Å². The van der Waals surface area contributed by atoms with E-state index in [9.17, 15) is 9.90 Å². The average Bonchev–Trinajstić information content (AvgIpc) is 2.76. The maximum Gasteiger partial charge on any atom is 0.139 e. The Morgan fingerprint density at radius 2 is 1.81 bits per heavy atom. The molecule has 3 saturated carbocycles. The summed E-state index contributed by atoms with van der Waals surface area (Å²) in [4.78, 5) is 12.4. The van der Waals surface area contributed by atoms with Crippen LogP contribution in [0.25, 0.3) is 0 Å². The van der Waals surface area contributed by atoms with Gasteiger partial charge in [-0.15, -0.1) is 0 Å². The van der Waals surface area contributed by atoms with Gasteiger partial charge in [0.25, 0.3) is 0 Å². The van der Waals surface area contributed by atoms with Gasteiger partial charge in [0.2, 0.25) is 0 Å². The molecule has 0 amide bonds. The lowest BCUT2D eigenvalue weighted by Crippen LogP contribution is -2.50. The summed E-state index contributed by atoms with van der Waals surface area (Å²) in [7, 11) is 0. The number of aliphatic hydroxyl groups is 1. The zero-order valence-corrected chi connectivity index (χ0v) is 13.4. The minimum Gasteiger partial charge on any atom is -0.393 e. The number of rotatable bonds is 0. The van der Waals surface area contributed by atoms with Crippen LogP contribution in [0, 0.1) is 28.6 Å². The molecule has 2 nitrogen and oxygen atoms in total. The number of hydrogen-bond donors (Lipinski definition) is 1. The van der Waals surface area contributed by atoms with E-state index < -0.39 is 0 Å². The van der Waals surface area contributed by atoms with E-state index in [-0.39, 0.29) is 11.5 Å². The molecular formula is C19H28O2. The minimum absolute atomic E-state index is 0.0168. The Labute approximate surface area is 128 Å². The smallest absolute Gasteiger partial charge is 0.139 e. The van der Waals surface area contributed by atoms with Gasteiger partial charge in [-0.2, -0.15) is 0 Å². The zero-order valence-electron chi connectivity index (χ0n) is 13.4. The van der Waals surface area contributed by atoms with Crippen LogP contribution < -0.4 is 0 Å². The second-order valence-electron chi connectivity index (χ2n) is 8.57. The molecule has 0 heterocycles. The molecule has 116 valence electrons. The maximum atomic E-state index is 12.4. The van der Waals surface area contributed by atoms with Crippen LogP contribution >= 0.6 is 0 Å². The van der Waals surface area contributed by atoms with Crippen LogP contribution in [0.5, 0.6) is 0 Å². The molecule has 0 radical (unpaired) electrons. The fraction of sp³-hybridized carbons (Fsp3) is 0.842. The molecule has 1 N–H and O–H groups in total. The third-order valence-electron chi connectivity index (χ3n) is 7.79. The molecule has 0 aromatic rings. The van der Waals surface area contributed by atoms with Crippen molar-refractivity contribution in [3.8, 4) is 0 Å². The summed E-state index contributed by atoms with van der Waals surface area (Å²) < 4.78 is 0. The van der Waals surface area contributed by atoms with E-state index in [1.807, 2.05) is 0 Å². The van der Waals surface area contributed by atoms with Gasteiger partial charge in [-0.1, -0.05) is 25.5 Å². The molecule has 3 fully saturated rings. The van der Waals surface area contributed by atoms with Crippen LogP contribution in [0.2, 0.25) is 0 Å². The van der Waals surface area contributed by atoms with Gasteiger partial charge in [0.1, 0.15) is 5.78 Å². The molecule has 2 heteroatoms. The Bertz CT molecular complexity index is 508. The highest BCUT2D eigenvalue weighted by Crippen LogP contribution is 2.63. The van der Waals surface area contributed by atoms with Gasteiger partial charge >= 0.3 is 0 Å². The summed E-state index contributed by atoms with van der Waals surface area (Å²) in [6.07, 6.45) is 10.7.